The van der Waals surface area contributed by atoms with Gasteiger partial charge in [0.05, 0.1) is 25.1 Å². The van der Waals surface area contributed by atoms with Crippen molar-refractivity contribution >= 4 is 17.0 Å². The Bertz CT molecular complexity index is 801. The average Bonchev–Trinajstić information content (AvgIpc) is 3.21. The van der Waals surface area contributed by atoms with Crippen molar-refractivity contribution in [1.82, 2.24) is 19.5 Å². The molecule has 148 valence electrons. The van der Waals surface area contributed by atoms with Crippen LogP contribution in [0.4, 0.5) is 5.82 Å². The van der Waals surface area contributed by atoms with Gasteiger partial charge in [0, 0.05) is 0 Å². The smallest absolute Gasteiger partial charge is 0.167 e. The number of aliphatic hydroxyl groups excluding tert-OH is 4. The summed E-state index contributed by atoms with van der Waals surface area (Å²) in [5.41, 5.74) is 0.918. The van der Waals surface area contributed by atoms with Gasteiger partial charge in [0.1, 0.15) is 24.6 Å². The van der Waals surface area contributed by atoms with Crippen LogP contribution in [-0.2, 0) is 4.74 Å². The first kappa shape index (κ1) is 18.5. The fraction of sp³-hybridized carbons (Fsp3) is 0.706. The van der Waals surface area contributed by atoms with Crippen LogP contribution in [0.1, 0.15) is 32.4 Å². The zero-order chi connectivity index (χ0) is 19.1. The molecule has 0 aromatic carbocycles. The predicted octanol–water partition coefficient (Wildman–Crippen LogP) is -0.601. The lowest BCUT2D eigenvalue weighted by atomic mass is 9.84. The highest BCUT2D eigenvalue weighted by atomic mass is 16.6. The Morgan fingerprint density at radius 3 is 2.70 bits per heavy atom. The van der Waals surface area contributed by atoms with E-state index in [9.17, 15) is 20.4 Å². The summed E-state index contributed by atoms with van der Waals surface area (Å²) in [5.74, 6) is 0.716. The van der Waals surface area contributed by atoms with Crippen molar-refractivity contribution in [3.63, 3.8) is 0 Å². The maximum atomic E-state index is 10.4. The van der Waals surface area contributed by atoms with Gasteiger partial charge in [-0.2, -0.15) is 0 Å². The molecular formula is C17H25N5O5. The van der Waals surface area contributed by atoms with Crippen molar-refractivity contribution in [3.8, 4) is 0 Å². The summed E-state index contributed by atoms with van der Waals surface area (Å²) in [6, 6.07) is -0.120. The van der Waals surface area contributed by atoms with Gasteiger partial charge in [0.15, 0.2) is 23.2 Å². The quantitative estimate of drug-likeness (QED) is 0.470. The fourth-order valence-corrected chi connectivity index (χ4v) is 3.98. The number of aliphatic hydroxyl groups is 4. The van der Waals surface area contributed by atoms with Crippen LogP contribution in [-0.4, -0.2) is 77.0 Å². The van der Waals surface area contributed by atoms with Crippen LogP contribution in [0.3, 0.4) is 0 Å². The fourth-order valence-electron chi connectivity index (χ4n) is 3.98. The molecule has 0 radical (unpaired) electrons. The van der Waals surface area contributed by atoms with Gasteiger partial charge < -0.3 is 30.5 Å². The summed E-state index contributed by atoms with van der Waals surface area (Å²) in [5, 5.41) is 43.2. The summed E-state index contributed by atoms with van der Waals surface area (Å²) in [4.78, 5) is 12.8. The topological polar surface area (TPSA) is 146 Å². The van der Waals surface area contributed by atoms with Crippen molar-refractivity contribution in [3.05, 3.63) is 12.7 Å². The lowest BCUT2D eigenvalue weighted by Crippen LogP contribution is -2.41. The number of aromatic nitrogens is 4. The second kappa shape index (κ2) is 7.28. The molecule has 10 heteroatoms. The molecule has 2 aromatic rings. The molecule has 1 aliphatic carbocycles. The molecule has 27 heavy (non-hydrogen) atoms. The molecule has 0 amide bonds. The maximum Gasteiger partial charge on any atom is 0.167 e. The number of ether oxygens (including phenoxy) is 1. The molecule has 1 saturated heterocycles. The van der Waals surface area contributed by atoms with E-state index in [4.69, 9.17) is 4.74 Å². The molecule has 5 N–H and O–H groups in total. The number of hydrogen-bond donors (Lipinski definition) is 5. The Morgan fingerprint density at radius 2 is 1.96 bits per heavy atom. The van der Waals surface area contributed by atoms with Crippen LogP contribution in [0, 0.1) is 5.92 Å². The van der Waals surface area contributed by atoms with Crippen LogP contribution in [0.5, 0.6) is 0 Å². The van der Waals surface area contributed by atoms with E-state index in [1.54, 1.807) is 0 Å². The van der Waals surface area contributed by atoms with Gasteiger partial charge in [0.2, 0.25) is 0 Å². The molecule has 2 fully saturated rings. The van der Waals surface area contributed by atoms with Crippen LogP contribution in [0.15, 0.2) is 12.7 Å². The number of imidazole rings is 1. The third kappa shape index (κ3) is 3.17. The first-order chi connectivity index (χ1) is 13.0. The Labute approximate surface area is 155 Å². The molecule has 1 saturated carbocycles. The first-order valence-electron chi connectivity index (χ1n) is 9.26. The third-order valence-electron chi connectivity index (χ3n) is 5.64. The maximum absolute atomic E-state index is 10.4. The number of nitrogens with one attached hydrogen (secondary N) is 1. The standard InChI is InChI=1S/C17H25N5O5/c1-8-3-2-4-9(12(8)24)21-15-11-16(19-6-18-15)22(7-20-11)17-14(26)13(25)10(5-23)27-17/h6-10,12-14,17,23-26H,2-5H2,1H3,(H,18,19,21)/t8?,9?,10-,12?,13-,14-,17-/m1/s1. The van der Waals surface area contributed by atoms with Crippen molar-refractivity contribution < 1.29 is 25.2 Å². The zero-order valence-electron chi connectivity index (χ0n) is 15.0. The number of nitrogens with zero attached hydrogens (tertiary/aromatic N) is 4. The first-order valence-corrected chi connectivity index (χ1v) is 9.26. The highest BCUT2D eigenvalue weighted by Crippen LogP contribution is 2.33. The van der Waals surface area contributed by atoms with E-state index in [0.717, 1.165) is 19.3 Å². The van der Waals surface area contributed by atoms with Gasteiger partial charge in [-0.05, 0) is 18.8 Å². The molecular weight excluding hydrogens is 354 g/mol. The number of fused-ring (bicyclic) bond motifs is 1. The van der Waals surface area contributed by atoms with Gasteiger partial charge in [0.25, 0.3) is 0 Å². The lowest BCUT2D eigenvalue weighted by Gasteiger charge is -2.33. The van der Waals surface area contributed by atoms with Crippen LogP contribution < -0.4 is 5.32 Å². The molecule has 2 aromatic heterocycles. The molecule has 3 unspecified atom stereocenters. The van der Waals surface area contributed by atoms with E-state index in [1.165, 1.54) is 17.2 Å². The Hall–Kier alpha value is -1.85. The largest absolute Gasteiger partial charge is 0.394 e. The lowest BCUT2D eigenvalue weighted by molar-refractivity contribution is -0.0511. The SMILES string of the molecule is CC1CCCC(Nc2ncnc3c2ncn3[C@@H]2O[C@H](CO)[C@@H](O)[C@H]2O)C1O. The minimum absolute atomic E-state index is 0.120. The van der Waals surface area contributed by atoms with E-state index in [1.807, 2.05) is 6.92 Å². The van der Waals surface area contributed by atoms with Crippen molar-refractivity contribution in [1.29, 1.82) is 0 Å². The molecule has 0 bridgehead atoms. The van der Waals surface area contributed by atoms with Crippen LogP contribution in [0.2, 0.25) is 0 Å². The molecule has 10 nitrogen and oxygen atoms in total. The normalized spacial score (nSPS) is 37.0. The minimum atomic E-state index is -1.22. The van der Waals surface area contributed by atoms with Gasteiger partial charge in [-0.15, -0.1) is 0 Å². The van der Waals surface area contributed by atoms with Crippen LogP contribution in [0.25, 0.3) is 11.2 Å². The van der Waals surface area contributed by atoms with E-state index in [-0.39, 0.29) is 12.0 Å². The summed E-state index contributed by atoms with van der Waals surface area (Å²) < 4.78 is 7.08. The van der Waals surface area contributed by atoms with Gasteiger partial charge in [-0.1, -0.05) is 13.3 Å². The summed E-state index contributed by atoms with van der Waals surface area (Å²) in [6.45, 7) is 1.63. The highest BCUT2D eigenvalue weighted by Gasteiger charge is 2.44. The summed E-state index contributed by atoms with van der Waals surface area (Å²) in [7, 11) is 0. The van der Waals surface area contributed by atoms with E-state index < -0.39 is 37.3 Å². The average molecular weight is 379 g/mol. The summed E-state index contributed by atoms with van der Waals surface area (Å²) in [6.07, 6.45) is 1.04. The Morgan fingerprint density at radius 1 is 1.15 bits per heavy atom. The van der Waals surface area contributed by atoms with Crippen LogP contribution >= 0.6 is 0 Å². The molecule has 2 aliphatic rings. The molecule has 4 rings (SSSR count). The van der Waals surface area contributed by atoms with E-state index >= 15 is 0 Å². The number of anilines is 1. The summed E-state index contributed by atoms with van der Waals surface area (Å²) >= 11 is 0. The Balaban J connectivity index is 1.62. The van der Waals surface area contributed by atoms with Crippen molar-refractivity contribution in [2.75, 3.05) is 11.9 Å². The third-order valence-corrected chi connectivity index (χ3v) is 5.64. The highest BCUT2D eigenvalue weighted by molar-refractivity contribution is 5.82. The van der Waals surface area contributed by atoms with Crippen molar-refractivity contribution in [2.45, 2.75) is 62.9 Å². The van der Waals surface area contributed by atoms with Gasteiger partial charge >= 0.3 is 0 Å². The predicted molar refractivity (Wildman–Crippen MR) is 94.8 cm³/mol. The zero-order valence-corrected chi connectivity index (χ0v) is 15.0. The second-order valence-corrected chi connectivity index (χ2v) is 7.42. The number of rotatable bonds is 4. The molecule has 1 aliphatic heterocycles. The molecule has 3 heterocycles. The molecule has 7 atom stereocenters. The number of hydrogen-bond acceptors (Lipinski definition) is 9. The minimum Gasteiger partial charge on any atom is -0.394 e. The van der Waals surface area contributed by atoms with Gasteiger partial charge in [-0.3, -0.25) is 4.57 Å². The van der Waals surface area contributed by atoms with E-state index in [2.05, 4.69) is 20.3 Å². The monoisotopic (exact) mass is 379 g/mol. The van der Waals surface area contributed by atoms with Gasteiger partial charge in [-0.25, -0.2) is 15.0 Å². The van der Waals surface area contributed by atoms with Crippen molar-refractivity contribution in [2.24, 2.45) is 5.92 Å². The molecule has 0 spiro atoms. The Kier molecular flexibility index (Phi) is 4.99. The second-order valence-electron chi connectivity index (χ2n) is 7.42. The van der Waals surface area contributed by atoms with E-state index in [0.29, 0.717) is 17.0 Å².